The summed E-state index contributed by atoms with van der Waals surface area (Å²) in [5, 5.41) is 0. The third-order valence-electron chi connectivity index (χ3n) is 2.33. The van der Waals surface area contributed by atoms with Crippen LogP contribution >= 0.6 is 0 Å². The number of methoxy groups -OCH3 is 1. The van der Waals surface area contributed by atoms with Gasteiger partial charge in [0.1, 0.15) is 6.04 Å². The Morgan fingerprint density at radius 1 is 1.85 bits per heavy atom. The van der Waals surface area contributed by atoms with E-state index in [4.69, 9.17) is 0 Å². The van der Waals surface area contributed by atoms with Crippen molar-refractivity contribution in [2.45, 2.75) is 13.0 Å². The first-order chi connectivity index (χ1) is 6.19. The molecule has 0 fully saturated rings. The molecular formula is C10H15NO2. The molecule has 3 heteroatoms. The first-order valence-electron chi connectivity index (χ1n) is 4.32. The molecule has 0 amide bonds. The molecule has 0 spiro atoms. The molecule has 0 aromatic heterocycles. The maximum absolute atomic E-state index is 11.2. The molecule has 0 bridgehead atoms. The molecule has 0 N–H and O–H groups in total. The van der Waals surface area contributed by atoms with Crippen LogP contribution in [0.25, 0.3) is 0 Å². The van der Waals surface area contributed by atoms with E-state index >= 15 is 0 Å². The van der Waals surface area contributed by atoms with Crippen LogP contribution in [0.15, 0.2) is 24.3 Å². The van der Waals surface area contributed by atoms with Crippen LogP contribution in [-0.2, 0) is 9.53 Å². The molecular weight excluding hydrogens is 166 g/mol. The number of esters is 1. The Morgan fingerprint density at radius 3 is 3.00 bits per heavy atom. The highest BCUT2D eigenvalue weighted by Gasteiger charge is 2.24. The van der Waals surface area contributed by atoms with Gasteiger partial charge in [-0.3, -0.25) is 9.69 Å². The molecule has 0 aromatic carbocycles. The average Bonchev–Trinajstić information content (AvgIpc) is 2.63. The topological polar surface area (TPSA) is 29.5 Å². The largest absolute Gasteiger partial charge is 0.468 e. The Morgan fingerprint density at radius 2 is 2.54 bits per heavy atom. The van der Waals surface area contributed by atoms with Crippen LogP contribution in [0.3, 0.4) is 0 Å². The summed E-state index contributed by atoms with van der Waals surface area (Å²) in [6.07, 6.45) is 3.90. The quantitative estimate of drug-likeness (QED) is 0.608. The van der Waals surface area contributed by atoms with Crippen LogP contribution in [0.4, 0.5) is 0 Å². The highest BCUT2D eigenvalue weighted by atomic mass is 16.5. The fraction of sp³-hybridized carbons (Fsp3) is 0.500. The van der Waals surface area contributed by atoms with Gasteiger partial charge in [0.05, 0.1) is 7.11 Å². The van der Waals surface area contributed by atoms with Gasteiger partial charge in [0.15, 0.2) is 0 Å². The van der Waals surface area contributed by atoms with Gasteiger partial charge in [0.25, 0.3) is 0 Å². The number of hydrogen-bond donors (Lipinski definition) is 0. The van der Waals surface area contributed by atoms with E-state index in [1.54, 1.807) is 0 Å². The number of carbonyl (C=O) groups is 1. The number of rotatable bonds is 3. The van der Waals surface area contributed by atoms with Crippen molar-refractivity contribution in [3.63, 3.8) is 0 Å². The van der Waals surface area contributed by atoms with Crippen LogP contribution in [0, 0.1) is 0 Å². The van der Waals surface area contributed by atoms with Crippen molar-refractivity contribution in [2.24, 2.45) is 0 Å². The Hall–Kier alpha value is -1.09. The van der Waals surface area contributed by atoms with Gasteiger partial charge in [-0.2, -0.15) is 0 Å². The molecule has 72 valence electrons. The number of nitrogens with zero attached hydrogens (tertiary/aromatic N) is 1. The molecule has 0 saturated carbocycles. The number of hydrogen-bond acceptors (Lipinski definition) is 3. The zero-order valence-electron chi connectivity index (χ0n) is 8.12. The van der Waals surface area contributed by atoms with Crippen LogP contribution in [-0.4, -0.2) is 37.1 Å². The summed E-state index contributed by atoms with van der Waals surface area (Å²) in [7, 11) is 1.41. The lowest BCUT2D eigenvalue weighted by Gasteiger charge is -2.21. The Balaban J connectivity index is 2.49. The molecule has 0 aromatic rings. The van der Waals surface area contributed by atoms with E-state index in [1.165, 1.54) is 12.7 Å². The molecule has 1 rings (SSSR count). The van der Waals surface area contributed by atoms with Crippen molar-refractivity contribution >= 4 is 5.97 Å². The maximum atomic E-state index is 11.2. The monoisotopic (exact) mass is 181 g/mol. The third-order valence-corrected chi connectivity index (χ3v) is 2.33. The van der Waals surface area contributed by atoms with E-state index in [2.05, 4.69) is 17.4 Å². The summed E-state index contributed by atoms with van der Waals surface area (Å²) in [6.45, 7) is 7.14. The van der Waals surface area contributed by atoms with Gasteiger partial charge in [-0.1, -0.05) is 18.7 Å². The highest BCUT2D eigenvalue weighted by molar-refractivity contribution is 5.75. The average molecular weight is 181 g/mol. The Bertz CT molecular complexity index is 245. The lowest BCUT2D eigenvalue weighted by molar-refractivity contribution is -0.145. The lowest BCUT2D eigenvalue weighted by Crippen LogP contribution is -2.38. The summed E-state index contributed by atoms with van der Waals surface area (Å²) in [4.78, 5) is 13.2. The normalized spacial score (nSPS) is 19.4. The van der Waals surface area contributed by atoms with Crippen LogP contribution in [0.5, 0.6) is 0 Å². The highest BCUT2D eigenvalue weighted by Crippen LogP contribution is 2.13. The van der Waals surface area contributed by atoms with Gasteiger partial charge < -0.3 is 4.74 Å². The molecule has 1 aliphatic rings. The third kappa shape index (κ3) is 2.18. The second kappa shape index (κ2) is 4.23. The van der Waals surface area contributed by atoms with E-state index in [-0.39, 0.29) is 12.0 Å². The molecule has 13 heavy (non-hydrogen) atoms. The minimum atomic E-state index is -0.182. The molecule has 1 atom stereocenters. The molecule has 1 heterocycles. The SMILES string of the molecule is C=CC1=CCN([C@@H](C)C(=O)OC)C1. The van der Waals surface area contributed by atoms with Gasteiger partial charge in [-0.15, -0.1) is 0 Å². The molecule has 0 unspecified atom stereocenters. The minimum Gasteiger partial charge on any atom is -0.468 e. The van der Waals surface area contributed by atoms with Crippen LogP contribution in [0.1, 0.15) is 6.92 Å². The van der Waals surface area contributed by atoms with E-state index < -0.39 is 0 Å². The minimum absolute atomic E-state index is 0.168. The summed E-state index contributed by atoms with van der Waals surface area (Å²) in [6, 6.07) is -0.168. The van der Waals surface area contributed by atoms with Gasteiger partial charge in [0.2, 0.25) is 0 Å². The summed E-state index contributed by atoms with van der Waals surface area (Å²) < 4.78 is 4.66. The van der Waals surface area contributed by atoms with Crippen molar-refractivity contribution in [3.05, 3.63) is 24.3 Å². The smallest absolute Gasteiger partial charge is 0.322 e. The fourth-order valence-electron chi connectivity index (χ4n) is 1.36. The van der Waals surface area contributed by atoms with Gasteiger partial charge in [-0.25, -0.2) is 0 Å². The van der Waals surface area contributed by atoms with Crippen LogP contribution < -0.4 is 0 Å². The van der Waals surface area contributed by atoms with Gasteiger partial charge in [0, 0.05) is 13.1 Å². The van der Waals surface area contributed by atoms with E-state index in [0.29, 0.717) is 0 Å². The molecule has 0 aliphatic carbocycles. The number of ether oxygens (including phenoxy) is 1. The second-order valence-corrected chi connectivity index (χ2v) is 3.11. The van der Waals surface area contributed by atoms with E-state index in [9.17, 15) is 4.79 Å². The Labute approximate surface area is 78.7 Å². The zero-order valence-corrected chi connectivity index (χ0v) is 8.12. The van der Waals surface area contributed by atoms with Gasteiger partial charge in [-0.05, 0) is 12.5 Å². The number of carbonyl (C=O) groups excluding carboxylic acids is 1. The predicted octanol–water partition coefficient (Wildman–Crippen LogP) is 0.976. The Kier molecular flexibility index (Phi) is 3.25. The molecule has 1 aliphatic heterocycles. The maximum Gasteiger partial charge on any atom is 0.322 e. The summed E-state index contributed by atoms with van der Waals surface area (Å²) >= 11 is 0. The predicted molar refractivity (Wildman–Crippen MR) is 51.3 cm³/mol. The standard InChI is InChI=1S/C10H15NO2/c1-4-9-5-6-11(7-9)8(2)10(12)13-3/h4-5,8H,1,6-7H2,2-3H3/t8-/m0/s1. The second-order valence-electron chi connectivity index (χ2n) is 3.11. The summed E-state index contributed by atoms with van der Waals surface area (Å²) in [5.41, 5.74) is 1.18. The fourth-order valence-corrected chi connectivity index (χ4v) is 1.36. The first-order valence-corrected chi connectivity index (χ1v) is 4.32. The molecule has 3 nitrogen and oxygen atoms in total. The van der Waals surface area contributed by atoms with Gasteiger partial charge >= 0.3 is 5.97 Å². The lowest BCUT2D eigenvalue weighted by atomic mass is 10.2. The first kappa shape index (κ1) is 9.99. The van der Waals surface area contributed by atoms with Crippen LogP contribution in [0.2, 0.25) is 0 Å². The van der Waals surface area contributed by atoms with E-state index in [1.807, 2.05) is 17.9 Å². The van der Waals surface area contributed by atoms with Crippen molar-refractivity contribution in [3.8, 4) is 0 Å². The van der Waals surface area contributed by atoms with Crippen molar-refractivity contribution in [2.75, 3.05) is 20.2 Å². The molecule has 0 saturated heterocycles. The van der Waals surface area contributed by atoms with Crippen molar-refractivity contribution in [1.29, 1.82) is 0 Å². The zero-order chi connectivity index (χ0) is 9.84. The summed E-state index contributed by atoms with van der Waals surface area (Å²) in [5.74, 6) is -0.182. The van der Waals surface area contributed by atoms with Crippen molar-refractivity contribution < 1.29 is 9.53 Å². The van der Waals surface area contributed by atoms with E-state index in [0.717, 1.165) is 13.1 Å². The van der Waals surface area contributed by atoms with Crippen molar-refractivity contribution in [1.82, 2.24) is 4.90 Å². The molecule has 0 radical (unpaired) electrons.